The van der Waals surface area contributed by atoms with Gasteiger partial charge in [0.05, 0.1) is 18.2 Å². The van der Waals surface area contributed by atoms with Crippen LogP contribution < -0.4 is 0 Å². The van der Waals surface area contributed by atoms with Crippen molar-refractivity contribution in [2.45, 2.75) is 13.8 Å². The van der Waals surface area contributed by atoms with Gasteiger partial charge in [0.15, 0.2) is 0 Å². The predicted octanol–water partition coefficient (Wildman–Crippen LogP) is 5.25. The second-order valence-electron chi connectivity index (χ2n) is 6.74. The smallest absolute Gasteiger partial charge is 0.338 e. The molecule has 0 saturated carbocycles. The van der Waals surface area contributed by atoms with Crippen molar-refractivity contribution in [3.63, 3.8) is 0 Å². The Morgan fingerprint density at radius 1 is 0.815 bits per heavy atom. The Bertz CT molecular complexity index is 1270. The number of esters is 1. The minimum absolute atomic E-state index is 0.227. The fourth-order valence-corrected chi connectivity index (χ4v) is 3.97. The summed E-state index contributed by atoms with van der Waals surface area (Å²) in [6.07, 6.45) is 0. The average Bonchev–Trinajstić information content (AvgIpc) is 2.66. The second-order valence-corrected chi connectivity index (χ2v) is 6.74. The summed E-state index contributed by atoms with van der Waals surface area (Å²) in [5.74, 6) is -1.42. The summed E-state index contributed by atoms with van der Waals surface area (Å²) in [5.41, 5.74) is 2.68. The van der Waals surface area contributed by atoms with Gasteiger partial charge in [-0.2, -0.15) is 0 Å². The summed E-state index contributed by atoms with van der Waals surface area (Å²) in [6, 6.07) is 14.9. The molecule has 4 heteroatoms. The topological polar surface area (TPSA) is 63.6 Å². The van der Waals surface area contributed by atoms with Gasteiger partial charge in [0, 0.05) is 0 Å². The molecule has 0 amide bonds. The third-order valence-corrected chi connectivity index (χ3v) is 5.15. The van der Waals surface area contributed by atoms with E-state index in [1.165, 1.54) is 7.11 Å². The van der Waals surface area contributed by atoms with Crippen LogP contribution in [0.2, 0.25) is 0 Å². The Hall–Kier alpha value is -3.40. The van der Waals surface area contributed by atoms with Crippen molar-refractivity contribution in [2.75, 3.05) is 7.11 Å². The SMILES string of the molecule is COC(=O)c1cc2cc(C(=O)O)c3cccc(C)c3c2c2c(C)cccc12. The molecule has 0 fully saturated rings. The number of carboxylic acid groups (broad SMARTS) is 1. The minimum atomic E-state index is -0.989. The van der Waals surface area contributed by atoms with Crippen LogP contribution in [0.15, 0.2) is 48.5 Å². The maximum absolute atomic E-state index is 12.4. The zero-order valence-corrected chi connectivity index (χ0v) is 15.3. The number of hydrogen-bond donors (Lipinski definition) is 1. The fourth-order valence-electron chi connectivity index (χ4n) is 3.97. The van der Waals surface area contributed by atoms with Crippen LogP contribution in [0, 0.1) is 13.8 Å². The maximum atomic E-state index is 12.4. The first-order valence-corrected chi connectivity index (χ1v) is 8.64. The first kappa shape index (κ1) is 17.0. The summed E-state index contributed by atoms with van der Waals surface area (Å²) in [5, 5.41) is 14.8. The van der Waals surface area contributed by atoms with Gasteiger partial charge in [-0.15, -0.1) is 0 Å². The van der Waals surface area contributed by atoms with Crippen molar-refractivity contribution in [3.05, 3.63) is 70.8 Å². The summed E-state index contributed by atoms with van der Waals surface area (Å²) < 4.78 is 4.97. The van der Waals surface area contributed by atoms with Crippen LogP contribution in [0.25, 0.3) is 32.3 Å². The minimum Gasteiger partial charge on any atom is -0.478 e. The number of aryl methyl sites for hydroxylation is 2. The summed E-state index contributed by atoms with van der Waals surface area (Å²) in [7, 11) is 1.35. The first-order chi connectivity index (χ1) is 12.9. The lowest BCUT2D eigenvalue weighted by molar-refractivity contribution is 0.0602. The highest BCUT2D eigenvalue weighted by molar-refractivity contribution is 6.28. The number of carbonyl (C=O) groups excluding carboxylic acids is 1. The van der Waals surface area contributed by atoms with E-state index in [1.54, 1.807) is 12.1 Å². The van der Waals surface area contributed by atoms with E-state index in [0.29, 0.717) is 10.9 Å². The molecule has 0 aromatic heterocycles. The molecule has 4 rings (SSSR count). The number of carbonyl (C=O) groups is 2. The normalized spacial score (nSPS) is 11.2. The van der Waals surface area contributed by atoms with Gasteiger partial charge in [-0.05, 0) is 69.4 Å². The van der Waals surface area contributed by atoms with Gasteiger partial charge < -0.3 is 9.84 Å². The zero-order chi connectivity index (χ0) is 19.3. The Labute approximate surface area is 156 Å². The number of methoxy groups -OCH3 is 1. The molecule has 0 aliphatic heterocycles. The molecule has 4 aromatic carbocycles. The number of hydrogen-bond acceptors (Lipinski definition) is 3. The third-order valence-electron chi connectivity index (χ3n) is 5.15. The lowest BCUT2D eigenvalue weighted by Crippen LogP contribution is -2.04. The van der Waals surface area contributed by atoms with Crippen LogP contribution in [-0.4, -0.2) is 24.2 Å². The largest absolute Gasteiger partial charge is 0.478 e. The molecular weight excluding hydrogens is 340 g/mol. The van der Waals surface area contributed by atoms with E-state index in [9.17, 15) is 14.7 Å². The monoisotopic (exact) mass is 358 g/mol. The van der Waals surface area contributed by atoms with Crippen molar-refractivity contribution in [1.82, 2.24) is 0 Å². The van der Waals surface area contributed by atoms with Crippen molar-refractivity contribution in [3.8, 4) is 0 Å². The molecule has 0 saturated heterocycles. The van der Waals surface area contributed by atoms with E-state index in [4.69, 9.17) is 4.74 Å². The van der Waals surface area contributed by atoms with Crippen LogP contribution in [0.3, 0.4) is 0 Å². The molecule has 27 heavy (non-hydrogen) atoms. The lowest BCUT2D eigenvalue weighted by atomic mass is 9.88. The summed E-state index contributed by atoms with van der Waals surface area (Å²) in [4.78, 5) is 24.3. The maximum Gasteiger partial charge on any atom is 0.338 e. The highest BCUT2D eigenvalue weighted by Gasteiger charge is 2.20. The van der Waals surface area contributed by atoms with Crippen LogP contribution in [0.1, 0.15) is 31.8 Å². The molecule has 0 atom stereocenters. The van der Waals surface area contributed by atoms with E-state index in [2.05, 4.69) is 0 Å². The van der Waals surface area contributed by atoms with Gasteiger partial charge >= 0.3 is 11.9 Å². The molecule has 0 spiro atoms. The van der Waals surface area contributed by atoms with Gasteiger partial charge in [-0.25, -0.2) is 9.59 Å². The Morgan fingerprint density at radius 2 is 1.33 bits per heavy atom. The lowest BCUT2D eigenvalue weighted by Gasteiger charge is -2.16. The van der Waals surface area contributed by atoms with E-state index < -0.39 is 11.9 Å². The number of ether oxygens (including phenoxy) is 1. The van der Waals surface area contributed by atoms with E-state index in [0.717, 1.165) is 38.1 Å². The molecular formula is C23H18O4. The van der Waals surface area contributed by atoms with Crippen LogP contribution >= 0.6 is 0 Å². The van der Waals surface area contributed by atoms with Crippen molar-refractivity contribution in [2.24, 2.45) is 0 Å². The number of fused-ring (bicyclic) bond motifs is 5. The summed E-state index contributed by atoms with van der Waals surface area (Å²) >= 11 is 0. The van der Waals surface area contributed by atoms with Crippen molar-refractivity contribution in [1.29, 1.82) is 0 Å². The number of aromatic carboxylic acids is 1. The Morgan fingerprint density at radius 3 is 1.85 bits per heavy atom. The first-order valence-electron chi connectivity index (χ1n) is 8.64. The Kier molecular flexibility index (Phi) is 3.84. The molecule has 0 bridgehead atoms. The van der Waals surface area contributed by atoms with E-state index in [1.807, 2.05) is 50.2 Å². The third kappa shape index (κ3) is 2.45. The van der Waals surface area contributed by atoms with Gasteiger partial charge in [0.2, 0.25) is 0 Å². The highest BCUT2D eigenvalue weighted by Crippen LogP contribution is 2.39. The van der Waals surface area contributed by atoms with Crippen LogP contribution in [0.4, 0.5) is 0 Å². The molecule has 0 heterocycles. The van der Waals surface area contributed by atoms with Gasteiger partial charge in [0.1, 0.15) is 0 Å². The standard InChI is InChI=1S/C23H18O4/c1-12-6-4-8-15-17(22(24)25)10-14-11-18(23(26)27-3)16-9-5-7-13(2)20(16)21(14)19(12)15/h4-11H,1-3H3,(H,24,25). The Balaban J connectivity index is 2.38. The quantitative estimate of drug-likeness (QED) is 0.393. The molecule has 134 valence electrons. The highest BCUT2D eigenvalue weighted by atomic mass is 16.5. The second kappa shape index (κ2) is 6.09. The molecule has 4 nitrogen and oxygen atoms in total. The number of rotatable bonds is 2. The van der Waals surface area contributed by atoms with Crippen LogP contribution in [-0.2, 0) is 4.74 Å². The van der Waals surface area contributed by atoms with Crippen LogP contribution in [0.5, 0.6) is 0 Å². The molecule has 1 N–H and O–H groups in total. The molecule has 0 aliphatic rings. The van der Waals surface area contributed by atoms with Crippen molar-refractivity contribution < 1.29 is 19.4 Å². The number of carboxylic acids is 1. The molecule has 0 radical (unpaired) electrons. The van der Waals surface area contributed by atoms with Crippen molar-refractivity contribution >= 4 is 44.3 Å². The van der Waals surface area contributed by atoms with E-state index >= 15 is 0 Å². The van der Waals surface area contributed by atoms with Gasteiger partial charge in [-0.1, -0.05) is 36.4 Å². The van der Waals surface area contributed by atoms with Gasteiger partial charge in [0.25, 0.3) is 0 Å². The summed E-state index contributed by atoms with van der Waals surface area (Å²) in [6.45, 7) is 3.98. The number of benzene rings is 4. The molecule has 0 unspecified atom stereocenters. The molecule has 0 aliphatic carbocycles. The van der Waals surface area contributed by atoms with Gasteiger partial charge in [-0.3, -0.25) is 0 Å². The predicted molar refractivity (Wildman–Crippen MR) is 107 cm³/mol. The van der Waals surface area contributed by atoms with E-state index in [-0.39, 0.29) is 5.56 Å². The zero-order valence-electron chi connectivity index (χ0n) is 15.3. The molecule has 4 aromatic rings. The fraction of sp³-hybridized carbons (Fsp3) is 0.130. The average molecular weight is 358 g/mol.